The molecule has 0 atom stereocenters. The van der Waals surface area contributed by atoms with Gasteiger partial charge in [0.2, 0.25) is 0 Å². The second-order valence-electron chi connectivity index (χ2n) is 6.08. The van der Waals surface area contributed by atoms with Crippen LogP contribution >= 0.6 is 46.6 Å². The van der Waals surface area contributed by atoms with Gasteiger partial charge in [0.1, 0.15) is 16.4 Å². The summed E-state index contributed by atoms with van der Waals surface area (Å²) in [4.78, 5) is 14.7. The fraction of sp³-hybridized carbons (Fsp3) is 0.0526. The number of aromatic nitrogens is 4. The Morgan fingerprint density at radius 3 is 2.40 bits per heavy atom. The standard InChI is InChI=1S/C19H12Cl3N5O2S/c1-30-19-18(25-9-8-23-10-25)17(13-6-7-14(20)16(22)15(13)21)26(24-19)11-2-4-12(5-3-11)27(28)29/h2-10H,1H3. The van der Waals surface area contributed by atoms with Crippen LogP contribution < -0.4 is 0 Å². The molecule has 7 nitrogen and oxygen atoms in total. The minimum absolute atomic E-state index is 0.0139. The maximum atomic E-state index is 11.0. The zero-order chi connectivity index (χ0) is 21.4. The van der Waals surface area contributed by atoms with Crippen LogP contribution in [0.1, 0.15) is 0 Å². The summed E-state index contributed by atoms with van der Waals surface area (Å²) in [6.45, 7) is 0. The molecular weight excluding hydrogens is 469 g/mol. The normalized spacial score (nSPS) is 11.1. The molecule has 0 amide bonds. The fourth-order valence-electron chi connectivity index (χ4n) is 3.00. The van der Waals surface area contributed by atoms with E-state index in [1.807, 2.05) is 10.8 Å². The third-order valence-electron chi connectivity index (χ3n) is 4.38. The Bertz CT molecular complexity index is 1240. The number of imidazole rings is 1. The summed E-state index contributed by atoms with van der Waals surface area (Å²) in [7, 11) is 0. The molecule has 2 aromatic heterocycles. The van der Waals surface area contributed by atoms with Crippen LogP contribution in [0.4, 0.5) is 5.69 Å². The molecule has 0 spiro atoms. The van der Waals surface area contributed by atoms with E-state index >= 15 is 0 Å². The molecule has 11 heteroatoms. The number of nitrogens with zero attached hydrogens (tertiary/aromatic N) is 5. The zero-order valence-corrected chi connectivity index (χ0v) is 18.4. The second kappa shape index (κ2) is 8.31. The molecule has 0 N–H and O–H groups in total. The van der Waals surface area contributed by atoms with E-state index in [2.05, 4.69) is 4.98 Å². The average molecular weight is 481 g/mol. The first-order valence-corrected chi connectivity index (χ1v) is 10.8. The quantitative estimate of drug-likeness (QED) is 0.145. The molecule has 152 valence electrons. The minimum atomic E-state index is -0.451. The van der Waals surface area contributed by atoms with Crippen LogP contribution in [-0.4, -0.2) is 30.5 Å². The highest BCUT2D eigenvalue weighted by molar-refractivity contribution is 7.98. The van der Waals surface area contributed by atoms with Crippen LogP contribution in [0, 0.1) is 10.1 Å². The first-order chi connectivity index (χ1) is 14.4. The van der Waals surface area contributed by atoms with E-state index in [0.29, 0.717) is 27.0 Å². The molecule has 0 saturated carbocycles. The minimum Gasteiger partial charge on any atom is -0.302 e. The highest BCUT2D eigenvalue weighted by Gasteiger charge is 2.25. The van der Waals surface area contributed by atoms with Crippen molar-refractivity contribution in [3.8, 4) is 22.6 Å². The number of non-ortho nitro benzene ring substituents is 1. The van der Waals surface area contributed by atoms with E-state index in [1.165, 1.54) is 23.9 Å². The highest BCUT2D eigenvalue weighted by atomic mass is 35.5. The van der Waals surface area contributed by atoms with Crippen molar-refractivity contribution in [1.82, 2.24) is 19.3 Å². The van der Waals surface area contributed by atoms with Gasteiger partial charge in [0, 0.05) is 30.1 Å². The monoisotopic (exact) mass is 479 g/mol. The Hall–Kier alpha value is -2.52. The average Bonchev–Trinajstić information content (AvgIpc) is 3.40. The van der Waals surface area contributed by atoms with Crippen molar-refractivity contribution in [3.63, 3.8) is 0 Å². The maximum absolute atomic E-state index is 11.0. The lowest BCUT2D eigenvalue weighted by molar-refractivity contribution is -0.384. The van der Waals surface area contributed by atoms with Crippen LogP contribution in [-0.2, 0) is 0 Å². The number of rotatable bonds is 5. The topological polar surface area (TPSA) is 78.8 Å². The Morgan fingerprint density at radius 1 is 1.07 bits per heavy atom. The van der Waals surface area contributed by atoms with Crippen molar-refractivity contribution in [2.45, 2.75) is 5.03 Å². The molecule has 0 aliphatic heterocycles. The fourth-order valence-corrected chi connectivity index (χ4v) is 4.19. The molecule has 2 heterocycles. The SMILES string of the molecule is CSc1nn(-c2ccc([N+](=O)[O-])cc2)c(-c2ccc(Cl)c(Cl)c2Cl)c1-n1ccnc1. The first-order valence-electron chi connectivity index (χ1n) is 8.46. The summed E-state index contributed by atoms with van der Waals surface area (Å²) in [6, 6.07) is 9.53. The molecule has 0 saturated heterocycles. The number of hydrogen-bond acceptors (Lipinski definition) is 5. The van der Waals surface area contributed by atoms with Crippen molar-refractivity contribution >= 4 is 52.3 Å². The van der Waals surface area contributed by atoms with Crippen LogP contribution in [0.3, 0.4) is 0 Å². The van der Waals surface area contributed by atoms with Crippen molar-refractivity contribution in [2.24, 2.45) is 0 Å². The third kappa shape index (κ3) is 3.56. The molecule has 2 aromatic carbocycles. The van der Waals surface area contributed by atoms with Gasteiger partial charge >= 0.3 is 0 Å². The Kier molecular flexibility index (Phi) is 5.75. The third-order valence-corrected chi connectivity index (χ3v) is 6.34. The van der Waals surface area contributed by atoms with Gasteiger partial charge in [0.05, 0.1) is 32.0 Å². The lowest BCUT2D eigenvalue weighted by Gasteiger charge is -2.13. The van der Waals surface area contributed by atoms with E-state index in [4.69, 9.17) is 39.9 Å². The van der Waals surface area contributed by atoms with E-state index in [9.17, 15) is 10.1 Å². The van der Waals surface area contributed by atoms with Gasteiger partial charge in [-0.25, -0.2) is 9.67 Å². The predicted octanol–water partition coefficient (Wildman–Crippen LogP) is 6.32. The number of nitro groups is 1. The van der Waals surface area contributed by atoms with Crippen LogP contribution in [0.2, 0.25) is 15.1 Å². The number of hydrogen-bond donors (Lipinski definition) is 0. The first kappa shape index (κ1) is 20.7. The Balaban J connectivity index is 2.04. The largest absolute Gasteiger partial charge is 0.302 e. The van der Waals surface area contributed by atoms with Gasteiger partial charge in [-0.3, -0.25) is 10.1 Å². The molecule has 0 aliphatic carbocycles. The van der Waals surface area contributed by atoms with Crippen LogP contribution in [0.5, 0.6) is 0 Å². The molecule has 4 aromatic rings. The Morgan fingerprint density at radius 2 is 1.80 bits per heavy atom. The van der Waals surface area contributed by atoms with Crippen molar-refractivity contribution in [3.05, 3.63) is 80.3 Å². The van der Waals surface area contributed by atoms with Crippen LogP contribution in [0.15, 0.2) is 60.1 Å². The summed E-state index contributed by atoms with van der Waals surface area (Å²) in [5, 5.41) is 17.3. The predicted molar refractivity (Wildman–Crippen MR) is 120 cm³/mol. The highest BCUT2D eigenvalue weighted by Crippen LogP contribution is 2.43. The molecule has 0 aliphatic rings. The van der Waals surface area contributed by atoms with Gasteiger partial charge in [-0.05, 0) is 30.5 Å². The lowest BCUT2D eigenvalue weighted by atomic mass is 10.1. The molecule has 0 radical (unpaired) electrons. The molecule has 30 heavy (non-hydrogen) atoms. The van der Waals surface area contributed by atoms with Crippen molar-refractivity contribution in [1.29, 1.82) is 0 Å². The van der Waals surface area contributed by atoms with E-state index in [1.54, 1.807) is 47.7 Å². The van der Waals surface area contributed by atoms with E-state index in [0.717, 1.165) is 5.69 Å². The van der Waals surface area contributed by atoms with Gasteiger partial charge in [0.15, 0.2) is 0 Å². The van der Waals surface area contributed by atoms with E-state index in [-0.39, 0.29) is 15.7 Å². The van der Waals surface area contributed by atoms with Crippen LogP contribution in [0.25, 0.3) is 22.6 Å². The molecule has 0 unspecified atom stereocenters. The van der Waals surface area contributed by atoms with Gasteiger partial charge in [0.25, 0.3) is 5.69 Å². The lowest BCUT2D eigenvalue weighted by Crippen LogP contribution is -2.02. The summed E-state index contributed by atoms with van der Waals surface area (Å²) in [6.07, 6.45) is 7.02. The summed E-state index contributed by atoms with van der Waals surface area (Å²) in [5.41, 5.74) is 2.62. The van der Waals surface area contributed by atoms with Gasteiger partial charge in [-0.1, -0.05) is 34.8 Å². The number of nitro benzene ring substituents is 1. The second-order valence-corrected chi connectivity index (χ2v) is 8.04. The smallest absolute Gasteiger partial charge is 0.269 e. The Labute approximate surface area is 190 Å². The summed E-state index contributed by atoms with van der Waals surface area (Å²) >= 11 is 20.5. The number of halogens is 3. The summed E-state index contributed by atoms with van der Waals surface area (Å²) in [5.74, 6) is 0. The number of thioether (sulfide) groups is 1. The zero-order valence-electron chi connectivity index (χ0n) is 15.3. The molecule has 4 rings (SSSR count). The van der Waals surface area contributed by atoms with Crippen molar-refractivity contribution in [2.75, 3.05) is 6.26 Å². The van der Waals surface area contributed by atoms with Gasteiger partial charge in [-0.15, -0.1) is 11.8 Å². The molecule has 0 bridgehead atoms. The molecule has 0 fully saturated rings. The molecular formula is C19H12Cl3N5O2S. The maximum Gasteiger partial charge on any atom is 0.269 e. The van der Waals surface area contributed by atoms with Crippen molar-refractivity contribution < 1.29 is 4.92 Å². The van der Waals surface area contributed by atoms with Gasteiger partial charge < -0.3 is 4.57 Å². The van der Waals surface area contributed by atoms with Gasteiger partial charge in [-0.2, -0.15) is 5.10 Å². The number of benzene rings is 2. The van der Waals surface area contributed by atoms with E-state index < -0.39 is 4.92 Å². The summed E-state index contributed by atoms with van der Waals surface area (Å²) < 4.78 is 3.51.